The Hall–Kier alpha value is -1.96. The zero-order valence-corrected chi connectivity index (χ0v) is 12.5. The summed E-state index contributed by atoms with van der Waals surface area (Å²) < 4.78 is 5.28. The van der Waals surface area contributed by atoms with Crippen LogP contribution >= 0.6 is 15.9 Å². The fraction of sp³-hybridized carbons (Fsp3) is 0.333. The highest BCUT2D eigenvalue weighted by Crippen LogP contribution is 2.22. The zero-order chi connectivity index (χ0) is 14.7. The van der Waals surface area contributed by atoms with Gasteiger partial charge in [-0.25, -0.2) is 4.98 Å². The number of amides is 1. The van der Waals surface area contributed by atoms with Crippen LogP contribution in [0.4, 0.5) is 0 Å². The van der Waals surface area contributed by atoms with Gasteiger partial charge in [0.1, 0.15) is 5.75 Å². The highest BCUT2D eigenvalue weighted by molar-refractivity contribution is 9.10. The molecule has 0 bridgehead atoms. The molecule has 0 aromatic carbocycles. The van der Waals surface area contributed by atoms with E-state index in [2.05, 4.69) is 40.9 Å². The summed E-state index contributed by atoms with van der Waals surface area (Å²) in [5, 5.41) is 16.2. The minimum Gasteiger partial charge on any atom is -0.505 e. The molecule has 7 nitrogen and oxygen atoms in total. The molecule has 2 aromatic heterocycles. The van der Waals surface area contributed by atoms with Crippen LogP contribution in [0.25, 0.3) is 0 Å². The normalized spacial score (nSPS) is 12.4. The lowest BCUT2D eigenvalue weighted by Crippen LogP contribution is -2.33. The van der Waals surface area contributed by atoms with Crippen molar-refractivity contribution >= 4 is 21.8 Å². The fourth-order valence-corrected chi connectivity index (χ4v) is 1.98. The van der Waals surface area contributed by atoms with Crippen LogP contribution in [0.2, 0.25) is 0 Å². The number of hydrogen-bond donors (Lipinski definition) is 2. The minimum absolute atomic E-state index is 0.0501. The molecular formula is C12H13BrN4O3. The lowest BCUT2D eigenvalue weighted by atomic mass is 10.0. The summed E-state index contributed by atoms with van der Waals surface area (Å²) in [6.45, 7) is 3.83. The van der Waals surface area contributed by atoms with Crippen LogP contribution in [-0.2, 0) is 0 Å². The first kappa shape index (κ1) is 14.4. The van der Waals surface area contributed by atoms with E-state index in [4.69, 9.17) is 0 Å². The van der Waals surface area contributed by atoms with E-state index in [0.29, 0.717) is 10.3 Å². The molecule has 20 heavy (non-hydrogen) atoms. The zero-order valence-electron chi connectivity index (χ0n) is 10.9. The van der Waals surface area contributed by atoms with Gasteiger partial charge in [-0.3, -0.25) is 4.79 Å². The molecule has 1 unspecified atom stereocenters. The van der Waals surface area contributed by atoms with Gasteiger partial charge in [0, 0.05) is 10.7 Å². The van der Waals surface area contributed by atoms with Gasteiger partial charge in [-0.2, -0.15) is 4.98 Å². The predicted octanol–water partition coefficient (Wildman–Crippen LogP) is 2.06. The summed E-state index contributed by atoms with van der Waals surface area (Å²) in [7, 11) is 0. The van der Waals surface area contributed by atoms with Gasteiger partial charge < -0.3 is 14.9 Å². The molecule has 0 aliphatic rings. The smallest absolute Gasteiger partial charge is 0.274 e. The molecule has 2 heterocycles. The van der Waals surface area contributed by atoms with E-state index in [1.807, 2.05) is 13.8 Å². The van der Waals surface area contributed by atoms with E-state index in [1.54, 1.807) is 0 Å². The second-order valence-electron chi connectivity index (χ2n) is 4.51. The molecule has 2 rings (SSSR count). The predicted molar refractivity (Wildman–Crippen MR) is 72.9 cm³/mol. The van der Waals surface area contributed by atoms with Crippen LogP contribution in [0.1, 0.15) is 36.2 Å². The van der Waals surface area contributed by atoms with Gasteiger partial charge in [0.15, 0.2) is 11.5 Å². The number of hydrogen-bond acceptors (Lipinski definition) is 6. The number of pyridine rings is 1. The summed E-state index contributed by atoms with van der Waals surface area (Å²) in [5.41, 5.74) is -0.0534. The van der Waals surface area contributed by atoms with E-state index in [9.17, 15) is 9.90 Å². The SMILES string of the molecule is CC(C)C(NC(=O)c1ncc(Br)cc1O)c1ncon1. The largest absolute Gasteiger partial charge is 0.505 e. The molecule has 8 heteroatoms. The Morgan fingerprint density at radius 1 is 1.45 bits per heavy atom. The molecule has 106 valence electrons. The van der Waals surface area contributed by atoms with Crippen molar-refractivity contribution in [1.82, 2.24) is 20.4 Å². The topological polar surface area (TPSA) is 101 Å². The van der Waals surface area contributed by atoms with Gasteiger partial charge in [0.25, 0.3) is 5.91 Å². The first-order chi connectivity index (χ1) is 9.49. The van der Waals surface area contributed by atoms with E-state index in [1.165, 1.54) is 18.7 Å². The van der Waals surface area contributed by atoms with Crippen molar-refractivity contribution in [3.8, 4) is 5.75 Å². The van der Waals surface area contributed by atoms with Gasteiger partial charge in [-0.15, -0.1) is 0 Å². The number of carbonyl (C=O) groups excluding carboxylic acids is 1. The Morgan fingerprint density at radius 3 is 2.75 bits per heavy atom. The first-order valence-electron chi connectivity index (χ1n) is 5.90. The summed E-state index contributed by atoms with van der Waals surface area (Å²) >= 11 is 3.16. The third-order valence-electron chi connectivity index (χ3n) is 2.66. The molecule has 1 amide bonds. The van der Waals surface area contributed by atoms with E-state index >= 15 is 0 Å². The number of carbonyl (C=O) groups is 1. The van der Waals surface area contributed by atoms with Crippen LogP contribution in [0, 0.1) is 5.92 Å². The highest BCUT2D eigenvalue weighted by Gasteiger charge is 2.24. The number of aromatic nitrogens is 3. The standard InChI is InChI=1S/C12H13BrN4O3/c1-6(2)9(11-15-5-20-17-11)16-12(19)10-8(18)3-7(13)4-14-10/h3-6,9,18H,1-2H3,(H,16,19). The number of halogens is 1. The number of nitrogens with zero attached hydrogens (tertiary/aromatic N) is 3. The molecule has 2 aromatic rings. The first-order valence-corrected chi connectivity index (χ1v) is 6.70. The second-order valence-corrected chi connectivity index (χ2v) is 5.42. The van der Waals surface area contributed by atoms with Crippen molar-refractivity contribution in [2.45, 2.75) is 19.9 Å². The van der Waals surface area contributed by atoms with Crippen molar-refractivity contribution in [2.75, 3.05) is 0 Å². The summed E-state index contributed by atoms with van der Waals surface area (Å²) in [6, 6.07) is 0.979. The number of nitrogens with one attached hydrogen (secondary N) is 1. The van der Waals surface area contributed by atoms with Crippen LogP contribution in [0.5, 0.6) is 5.75 Å². The molecule has 0 spiro atoms. The van der Waals surface area contributed by atoms with Gasteiger partial charge in [0.05, 0.1) is 6.04 Å². The lowest BCUT2D eigenvalue weighted by Gasteiger charge is -2.18. The molecule has 0 saturated carbocycles. The maximum atomic E-state index is 12.2. The van der Waals surface area contributed by atoms with Gasteiger partial charge >= 0.3 is 0 Å². The quantitative estimate of drug-likeness (QED) is 0.883. The summed E-state index contributed by atoms with van der Waals surface area (Å²) in [6.07, 6.45) is 2.64. The summed E-state index contributed by atoms with van der Waals surface area (Å²) in [5.74, 6) is -0.273. The van der Waals surface area contributed by atoms with Gasteiger partial charge in [-0.1, -0.05) is 19.0 Å². The molecule has 0 saturated heterocycles. The Balaban J connectivity index is 2.21. The lowest BCUT2D eigenvalue weighted by molar-refractivity contribution is 0.0914. The molecule has 0 aliphatic carbocycles. The second kappa shape index (κ2) is 6.00. The summed E-state index contributed by atoms with van der Waals surface area (Å²) in [4.78, 5) is 20.0. The molecular weight excluding hydrogens is 328 g/mol. The van der Waals surface area contributed by atoms with Crippen LogP contribution in [0.3, 0.4) is 0 Å². The van der Waals surface area contributed by atoms with Gasteiger partial charge in [-0.05, 0) is 27.9 Å². The number of aromatic hydroxyl groups is 1. The average molecular weight is 341 g/mol. The fourth-order valence-electron chi connectivity index (χ4n) is 1.66. The third-order valence-corrected chi connectivity index (χ3v) is 3.09. The Bertz CT molecular complexity index is 601. The van der Waals surface area contributed by atoms with Crippen molar-refractivity contribution in [3.63, 3.8) is 0 Å². The number of rotatable bonds is 4. The van der Waals surface area contributed by atoms with Crippen molar-refractivity contribution in [2.24, 2.45) is 5.92 Å². The van der Waals surface area contributed by atoms with Gasteiger partial charge in [0.2, 0.25) is 6.39 Å². The molecule has 0 aliphatic heterocycles. The van der Waals surface area contributed by atoms with Crippen LogP contribution in [0.15, 0.2) is 27.7 Å². The van der Waals surface area contributed by atoms with E-state index in [0.717, 1.165) is 0 Å². The monoisotopic (exact) mass is 340 g/mol. The van der Waals surface area contributed by atoms with E-state index in [-0.39, 0.29) is 17.4 Å². The molecule has 0 fully saturated rings. The van der Waals surface area contributed by atoms with Crippen LogP contribution < -0.4 is 5.32 Å². The third kappa shape index (κ3) is 3.13. The van der Waals surface area contributed by atoms with E-state index < -0.39 is 11.9 Å². The van der Waals surface area contributed by atoms with Crippen LogP contribution in [-0.4, -0.2) is 26.1 Å². The van der Waals surface area contributed by atoms with Crippen molar-refractivity contribution in [1.29, 1.82) is 0 Å². The molecule has 1 atom stereocenters. The Morgan fingerprint density at radius 2 is 2.20 bits per heavy atom. The molecule has 2 N–H and O–H groups in total. The Kier molecular flexibility index (Phi) is 4.33. The highest BCUT2D eigenvalue weighted by atomic mass is 79.9. The Labute approximate surface area is 123 Å². The average Bonchev–Trinajstić information content (AvgIpc) is 2.88. The maximum Gasteiger partial charge on any atom is 0.274 e. The minimum atomic E-state index is -0.501. The van der Waals surface area contributed by atoms with Crippen molar-refractivity contribution < 1.29 is 14.4 Å². The maximum absolute atomic E-state index is 12.2. The molecule has 0 radical (unpaired) electrons. The van der Waals surface area contributed by atoms with Crippen molar-refractivity contribution in [3.05, 3.63) is 34.6 Å².